The van der Waals surface area contributed by atoms with Gasteiger partial charge in [-0.05, 0) is 47.9 Å². The van der Waals surface area contributed by atoms with E-state index in [1.54, 1.807) is 61.9 Å². The summed E-state index contributed by atoms with van der Waals surface area (Å²) in [5.74, 6) is -0.375. The summed E-state index contributed by atoms with van der Waals surface area (Å²) < 4.78 is 28.8. The van der Waals surface area contributed by atoms with Crippen molar-refractivity contribution in [3.05, 3.63) is 101 Å². The van der Waals surface area contributed by atoms with Crippen molar-refractivity contribution in [3.8, 4) is 22.4 Å². The fourth-order valence-corrected chi connectivity index (χ4v) is 3.60. The molecule has 6 nitrogen and oxygen atoms in total. The molecule has 2 heterocycles. The van der Waals surface area contributed by atoms with Gasteiger partial charge in [-0.1, -0.05) is 30.3 Å². The Balaban J connectivity index is 0.00000324. The number of aromatic nitrogens is 3. The topological polar surface area (TPSA) is 85.8 Å². The Morgan fingerprint density at radius 3 is 2.35 bits per heavy atom. The molecule has 2 aromatic heterocycles. The first-order valence-electron chi connectivity index (χ1n) is 10.4. The molecule has 0 radical (unpaired) electrons. The molecule has 0 aliphatic rings. The normalized spacial score (nSPS) is 11.5. The van der Waals surface area contributed by atoms with Crippen molar-refractivity contribution >= 4 is 18.4 Å². The van der Waals surface area contributed by atoms with Crippen molar-refractivity contribution in [2.45, 2.75) is 12.5 Å². The van der Waals surface area contributed by atoms with Gasteiger partial charge in [0.1, 0.15) is 11.6 Å². The fraction of sp³-hybridized carbons (Fsp3) is 0.160. The van der Waals surface area contributed by atoms with Crippen molar-refractivity contribution in [2.75, 3.05) is 11.9 Å². The SMILES string of the molecule is Cl.Cn1c(NC[C@H](N)Cc2ccccc2F)nc(-c2ccncc2)c(-c2ccc(F)cc2)c1=O. The summed E-state index contributed by atoms with van der Waals surface area (Å²) >= 11 is 0. The van der Waals surface area contributed by atoms with Crippen LogP contribution < -0.4 is 16.6 Å². The van der Waals surface area contributed by atoms with Crippen LogP contribution in [0.3, 0.4) is 0 Å². The summed E-state index contributed by atoms with van der Waals surface area (Å²) in [5, 5.41) is 3.12. The number of halogens is 3. The third-order valence-corrected chi connectivity index (χ3v) is 5.34. The molecule has 0 spiro atoms. The second-order valence-corrected chi connectivity index (χ2v) is 7.70. The maximum Gasteiger partial charge on any atom is 0.263 e. The van der Waals surface area contributed by atoms with Crippen LogP contribution in [-0.2, 0) is 13.5 Å². The van der Waals surface area contributed by atoms with Crippen LogP contribution in [0.2, 0.25) is 0 Å². The molecule has 0 bridgehead atoms. The molecule has 0 aliphatic heterocycles. The molecule has 2 aromatic carbocycles. The first-order chi connectivity index (χ1) is 15.9. The highest BCUT2D eigenvalue weighted by molar-refractivity contribution is 5.85. The third-order valence-electron chi connectivity index (χ3n) is 5.34. The van der Waals surface area contributed by atoms with Gasteiger partial charge in [0.25, 0.3) is 5.56 Å². The van der Waals surface area contributed by atoms with Crippen LogP contribution in [0.5, 0.6) is 0 Å². The summed E-state index contributed by atoms with van der Waals surface area (Å²) in [6, 6.07) is 15.3. The number of nitrogens with two attached hydrogens (primary N) is 1. The van der Waals surface area contributed by atoms with Crippen molar-refractivity contribution < 1.29 is 8.78 Å². The molecule has 4 aromatic rings. The molecule has 0 saturated heterocycles. The molecule has 1 atom stereocenters. The zero-order valence-electron chi connectivity index (χ0n) is 18.4. The first-order valence-corrected chi connectivity index (χ1v) is 10.4. The van der Waals surface area contributed by atoms with Gasteiger partial charge in [0.15, 0.2) is 0 Å². The maximum absolute atomic E-state index is 13.9. The Morgan fingerprint density at radius 1 is 1.00 bits per heavy atom. The Kier molecular flexibility index (Phi) is 8.09. The lowest BCUT2D eigenvalue weighted by Crippen LogP contribution is -2.34. The Morgan fingerprint density at radius 2 is 1.68 bits per heavy atom. The average molecular weight is 484 g/mol. The number of hydrogen-bond acceptors (Lipinski definition) is 5. The quantitative estimate of drug-likeness (QED) is 0.411. The molecule has 0 fully saturated rings. The minimum absolute atomic E-state index is 0. The maximum atomic E-state index is 13.9. The number of nitrogens with one attached hydrogen (secondary N) is 1. The molecule has 0 aliphatic carbocycles. The number of pyridine rings is 1. The van der Waals surface area contributed by atoms with Crippen LogP contribution in [0, 0.1) is 11.6 Å². The van der Waals surface area contributed by atoms with Crippen molar-refractivity contribution in [2.24, 2.45) is 12.8 Å². The number of benzene rings is 2. The lowest BCUT2D eigenvalue weighted by molar-refractivity contribution is 0.590. The van der Waals surface area contributed by atoms with E-state index < -0.39 is 11.9 Å². The van der Waals surface area contributed by atoms with E-state index in [0.29, 0.717) is 40.3 Å². The van der Waals surface area contributed by atoms with E-state index >= 15 is 0 Å². The van der Waals surface area contributed by atoms with Gasteiger partial charge in [0.05, 0.1) is 11.3 Å². The van der Waals surface area contributed by atoms with E-state index in [1.165, 1.54) is 22.8 Å². The summed E-state index contributed by atoms with van der Waals surface area (Å²) in [5.41, 5.74) is 8.48. The summed E-state index contributed by atoms with van der Waals surface area (Å²) in [4.78, 5) is 22.1. The van der Waals surface area contributed by atoms with Crippen LogP contribution in [-0.4, -0.2) is 27.1 Å². The zero-order chi connectivity index (χ0) is 23.4. The number of hydrogen-bond donors (Lipinski definition) is 2. The van der Waals surface area contributed by atoms with Gasteiger partial charge in [-0.25, -0.2) is 13.8 Å². The molecule has 9 heteroatoms. The number of nitrogens with zero attached hydrogens (tertiary/aromatic N) is 3. The lowest BCUT2D eigenvalue weighted by atomic mass is 10.0. The summed E-state index contributed by atoms with van der Waals surface area (Å²) in [7, 11) is 1.60. The molecule has 34 heavy (non-hydrogen) atoms. The van der Waals surface area contributed by atoms with Gasteiger partial charge in [-0.15, -0.1) is 12.4 Å². The highest BCUT2D eigenvalue weighted by Crippen LogP contribution is 2.28. The molecule has 3 N–H and O–H groups in total. The molecule has 0 unspecified atom stereocenters. The zero-order valence-corrected chi connectivity index (χ0v) is 19.2. The number of anilines is 1. The van der Waals surface area contributed by atoms with Crippen LogP contribution >= 0.6 is 12.4 Å². The van der Waals surface area contributed by atoms with Crippen LogP contribution in [0.15, 0.2) is 77.9 Å². The fourth-order valence-electron chi connectivity index (χ4n) is 3.60. The smallest absolute Gasteiger partial charge is 0.263 e. The van der Waals surface area contributed by atoms with Gasteiger partial charge >= 0.3 is 0 Å². The minimum Gasteiger partial charge on any atom is -0.354 e. The Hall–Kier alpha value is -3.62. The van der Waals surface area contributed by atoms with E-state index in [0.717, 1.165) is 0 Å². The second-order valence-electron chi connectivity index (χ2n) is 7.70. The van der Waals surface area contributed by atoms with E-state index in [-0.39, 0.29) is 30.3 Å². The Labute approximate surface area is 201 Å². The monoisotopic (exact) mass is 483 g/mol. The predicted molar refractivity (Wildman–Crippen MR) is 132 cm³/mol. The predicted octanol–water partition coefficient (Wildman–Crippen LogP) is 4.19. The van der Waals surface area contributed by atoms with Crippen molar-refractivity contribution in [1.29, 1.82) is 0 Å². The van der Waals surface area contributed by atoms with E-state index in [9.17, 15) is 13.6 Å². The summed E-state index contributed by atoms with van der Waals surface area (Å²) in [6.45, 7) is 0.278. The second kappa shape index (κ2) is 11.0. The molecular formula is C25H24ClF2N5O. The van der Waals surface area contributed by atoms with E-state index in [2.05, 4.69) is 10.3 Å². The van der Waals surface area contributed by atoms with Crippen LogP contribution in [0.1, 0.15) is 5.56 Å². The molecule has 4 rings (SSSR count). The first kappa shape index (κ1) is 25.0. The van der Waals surface area contributed by atoms with Gasteiger partial charge in [-0.3, -0.25) is 14.3 Å². The van der Waals surface area contributed by atoms with Crippen LogP contribution in [0.25, 0.3) is 22.4 Å². The lowest BCUT2D eigenvalue weighted by Gasteiger charge is -2.18. The minimum atomic E-state index is -0.403. The largest absolute Gasteiger partial charge is 0.354 e. The standard InChI is InChI=1S/C25H23F2N5O.ClH/c1-32-24(33)22(16-6-8-19(26)9-7-16)23(17-10-12-29-13-11-17)31-25(32)30-15-20(28)14-18-4-2-3-5-21(18)27;/h2-13,20H,14-15,28H2,1H3,(H,30,31);1H/t20-;/m1./s1. The van der Waals surface area contributed by atoms with E-state index in [1.807, 2.05) is 0 Å². The molecule has 0 saturated carbocycles. The molecule has 0 amide bonds. The van der Waals surface area contributed by atoms with Crippen molar-refractivity contribution in [1.82, 2.24) is 14.5 Å². The highest BCUT2D eigenvalue weighted by atomic mass is 35.5. The third kappa shape index (κ3) is 5.47. The average Bonchev–Trinajstić information content (AvgIpc) is 2.83. The van der Waals surface area contributed by atoms with Crippen molar-refractivity contribution in [3.63, 3.8) is 0 Å². The van der Waals surface area contributed by atoms with Gasteiger partial charge in [-0.2, -0.15) is 0 Å². The highest BCUT2D eigenvalue weighted by Gasteiger charge is 2.19. The van der Waals surface area contributed by atoms with Gasteiger partial charge in [0.2, 0.25) is 5.95 Å². The number of rotatable bonds is 7. The van der Waals surface area contributed by atoms with E-state index in [4.69, 9.17) is 10.7 Å². The summed E-state index contributed by atoms with van der Waals surface area (Å²) in [6.07, 6.45) is 3.55. The Bertz CT molecular complexity index is 1310. The van der Waals surface area contributed by atoms with Gasteiger partial charge < -0.3 is 11.1 Å². The molecular weight excluding hydrogens is 460 g/mol. The molecule has 176 valence electrons. The van der Waals surface area contributed by atoms with Gasteiger partial charge in [0, 0.05) is 37.6 Å². The van der Waals surface area contributed by atoms with Crippen LogP contribution in [0.4, 0.5) is 14.7 Å².